The predicted molar refractivity (Wildman–Crippen MR) is 66.5 cm³/mol. The molecule has 94 valence electrons. The van der Waals surface area contributed by atoms with E-state index in [9.17, 15) is 13.2 Å². The molecule has 6 nitrogen and oxygen atoms in total. The molecule has 0 unspecified atom stereocenters. The molecular weight excluding hydrogens is 250 g/mol. The third-order valence-electron chi connectivity index (χ3n) is 1.30. The number of nitrogens with one attached hydrogen (secondary N) is 2. The van der Waals surface area contributed by atoms with Crippen molar-refractivity contribution in [2.45, 2.75) is 26.3 Å². The highest BCUT2D eigenvalue weighted by Crippen LogP contribution is 1.97. The summed E-state index contributed by atoms with van der Waals surface area (Å²) < 4.78 is 24.6. The van der Waals surface area contributed by atoms with Gasteiger partial charge in [-0.25, -0.2) is 13.1 Å². The number of carbonyl (C=O) groups excluding carboxylic acids is 1. The SMILES string of the molecule is CC(C)(C)NC(=O)CNS(=O)(=O)CC(N)=S. The van der Waals surface area contributed by atoms with Crippen LogP contribution in [-0.2, 0) is 14.8 Å². The molecule has 0 bridgehead atoms. The van der Waals surface area contributed by atoms with Gasteiger partial charge in [-0.1, -0.05) is 12.2 Å². The summed E-state index contributed by atoms with van der Waals surface area (Å²) >= 11 is 4.47. The lowest BCUT2D eigenvalue weighted by Crippen LogP contribution is -2.46. The minimum absolute atomic E-state index is 0.135. The number of nitrogens with two attached hydrogens (primary N) is 1. The maximum atomic E-state index is 11.3. The molecule has 0 aliphatic rings. The Labute approximate surface area is 101 Å². The molecule has 0 aliphatic carbocycles. The zero-order valence-corrected chi connectivity index (χ0v) is 11.2. The van der Waals surface area contributed by atoms with Crippen LogP contribution < -0.4 is 15.8 Å². The van der Waals surface area contributed by atoms with Crippen molar-refractivity contribution in [3.05, 3.63) is 0 Å². The number of thiocarbonyl (C=S) groups is 1. The van der Waals surface area contributed by atoms with Crippen LogP contribution in [-0.4, -0.2) is 37.2 Å². The minimum atomic E-state index is -3.61. The molecule has 0 atom stereocenters. The molecule has 0 radical (unpaired) electrons. The Morgan fingerprint density at radius 3 is 2.25 bits per heavy atom. The fourth-order valence-electron chi connectivity index (χ4n) is 0.876. The van der Waals surface area contributed by atoms with Gasteiger partial charge in [-0.15, -0.1) is 0 Å². The molecular formula is C8H17N3O3S2. The third-order valence-corrected chi connectivity index (χ3v) is 2.90. The second-order valence-electron chi connectivity index (χ2n) is 4.34. The van der Waals surface area contributed by atoms with Gasteiger partial charge in [0, 0.05) is 5.54 Å². The number of amides is 1. The standard InChI is InChI=1S/C8H17N3O3S2/c1-8(2,3)11-7(12)4-10-16(13,14)5-6(9)15/h10H,4-5H2,1-3H3,(H2,9,15)(H,11,12). The largest absolute Gasteiger partial charge is 0.392 e. The molecule has 0 aliphatic heterocycles. The van der Waals surface area contributed by atoms with Crippen LogP contribution in [0.15, 0.2) is 0 Å². The van der Waals surface area contributed by atoms with Gasteiger partial charge in [0.25, 0.3) is 0 Å². The minimum Gasteiger partial charge on any atom is -0.392 e. The van der Waals surface area contributed by atoms with E-state index >= 15 is 0 Å². The normalized spacial score (nSPS) is 12.2. The summed E-state index contributed by atoms with van der Waals surface area (Å²) in [5.41, 5.74) is 4.70. The van der Waals surface area contributed by atoms with Crippen LogP contribution >= 0.6 is 12.2 Å². The number of rotatable bonds is 5. The summed E-state index contributed by atoms with van der Waals surface area (Å²) in [4.78, 5) is 11.2. The zero-order valence-electron chi connectivity index (χ0n) is 9.53. The Hall–Kier alpha value is -0.730. The van der Waals surface area contributed by atoms with Crippen molar-refractivity contribution in [1.29, 1.82) is 0 Å². The van der Waals surface area contributed by atoms with Gasteiger partial charge >= 0.3 is 0 Å². The van der Waals surface area contributed by atoms with Gasteiger partial charge in [-0.2, -0.15) is 0 Å². The molecule has 0 aromatic rings. The Kier molecular flexibility index (Phi) is 5.30. The second kappa shape index (κ2) is 5.55. The van der Waals surface area contributed by atoms with E-state index in [-0.39, 0.29) is 11.5 Å². The first-order chi connectivity index (χ1) is 7.02. The number of hydrogen-bond acceptors (Lipinski definition) is 4. The second-order valence-corrected chi connectivity index (χ2v) is 6.68. The van der Waals surface area contributed by atoms with E-state index in [2.05, 4.69) is 22.3 Å². The van der Waals surface area contributed by atoms with Gasteiger partial charge in [-0.05, 0) is 20.8 Å². The van der Waals surface area contributed by atoms with Crippen molar-refractivity contribution in [3.63, 3.8) is 0 Å². The summed E-state index contributed by atoms with van der Waals surface area (Å²) in [6.07, 6.45) is 0. The van der Waals surface area contributed by atoms with Gasteiger partial charge in [0.05, 0.1) is 11.5 Å². The van der Waals surface area contributed by atoms with Crippen LogP contribution in [0.25, 0.3) is 0 Å². The Morgan fingerprint density at radius 2 is 1.88 bits per heavy atom. The summed E-state index contributed by atoms with van der Waals surface area (Å²) in [5, 5.41) is 2.62. The maximum Gasteiger partial charge on any atom is 0.235 e. The molecule has 4 N–H and O–H groups in total. The van der Waals surface area contributed by atoms with Crippen LogP contribution in [0.3, 0.4) is 0 Å². The summed E-state index contributed by atoms with van der Waals surface area (Å²) in [5.74, 6) is -0.857. The van der Waals surface area contributed by atoms with Gasteiger partial charge < -0.3 is 11.1 Å². The van der Waals surface area contributed by atoms with Gasteiger partial charge in [0.2, 0.25) is 15.9 Å². The van der Waals surface area contributed by atoms with E-state index in [1.54, 1.807) is 20.8 Å². The Balaban J connectivity index is 4.16. The molecule has 0 aromatic heterocycles. The van der Waals surface area contributed by atoms with E-state index in [1.807, 2.05) is 0 Å². The highest BCUT2D eigenvalue weighted by atomic mass is 32.2. The quantitative estimate of drug-likeness (QED) is 0.561. The fourth-order valence-corrected chi connectivity index (χ4v) is 2.17. The molecule has 0 spiro atoms. The van der Waals surface area contributed by atoms with Crippen molar-refractivity contribution >= 4 is 33.1 Å². The molecule has 0 saturated carbocycles. The molecule has 0 saturated heterocycles. The van der Waals surface area contributed by atoms with Crippen molar-refractivity contribution in [3.8, 4) is 0 Å². The Bertz CT molecular complexity index is 370. The van der Waals surface area contributed by atoms with Crippen LogP contribution in [0, 0.1) is 0 Å². The van der Waals surface area contributed by atoms with Gasteiger partial charge in [0.15, 0.2) is 0 Å². The van der Waals surface area contributed by atoms with E-state index < -0.39 is 27.2 Å². The van der Waals surface area contributed by atoms with Crippen molar-refractivity contribution in [1.82, 2.24) is 10.0 Å². The highest BCUT2D eigenvalue weighted by molar-refractivity contribution is 7.92. The monoisotopic (exact) mass is 267 g/mol. The average Bonchev–Trinajstić information content (AvgIpc) is 1.95. The molecule has 0 fully saturated rings. The smallest absolute Gasteiger partial charge is 0.235 e. The topological polar surface area (TPSA) is 101 Å². The van der Waals surface area contributed by atoms with Crippen LogP contribution in [0.1, 0.15) is 20.8 Å². The molecule has 1 amide bonds. The van der Waals surface area contributed by atoms with E-state index in [0.717, 1.165) is 0 Å². The maximum absolute atomic E-state index is 11.3. The molecule has 16 heavy (non-hydrogen) atoms. The van der Waals surface area contributed by atoms with Gasteiger partial charge in [0.1, 0.15) is 5.75 Å². The van der Waals surface area contributed by atoms with E-state index in [1.165, 1.54) is 0 Å². The van der Waals surface area contributed by atoms with Crippen LogP contribution in [0.2, 0.25) is 0 Å². The van der Waals surface area contributed by atoms with Crippen LogP contribution in [0.4, 0.5) is 0 Å². The lowest BCUT2D eigenvalue weighted by molar-refractivity contribution is -0.121. The molecule has 0 heterocycles. The Morgan fingerprint density at radius 1 is 1.38 bits per heavy atom. The first kappa shape index (κ1) is 15.3. The number of carbonyl (C=O) groups is 1. The van der Waals surface area contributed by atoms with E-state index in [0.29, 0.717) is 0 Å². The highest BCUT2D eigenvalue weighted by Gasteiger charge is 2.17. The van der Waals surface area contributed by atoms with Gasteiger partial charge in [-0.3, -0.25) is 4.79 Å². The molecule has 0 aromatic carbocycles. The van der Waals surface area contributed by atoms with Crippen LogP contribution in [0.5, 0.6) is 0 Å². The van der Waals surface area contributed by atoms with E-state index in [4.69, 9.17) is 5.73 Å². The summed E-state index contributed by atoms with van der Waals surface area (Å²) in [6, 6.07) is 0. The summed E-state index contributed by atoms with van der Waals surface area (Å²) in [6.45, 7) is 5.08. The first-order valence-electron chi connectivity index (χ1n) is 4.58. The predicted octanol–water partition coefficient (Wildman–Crippen LogP) is -0.893. The summed E-state index contributed by atoms with van der Waals surface area (Å²) in [7, 11) is -3.61. The third kappa shape index (κ3) is 8.57. The molecule has 0 rings (SSSR count). The zero-order chi connectivity index (χ0) is 13.0. The van der Waals surface area contributed by atoms with Crippen molar-refractivity contribution in [2.24, 2.45) is 5.73 Å². The number of hydrogen-bond donors (Lipinski definition) is 3. The lowest BCUT2D eigenvalue weighted by Gasteiger charge is -2.20. The van der Waals surface area contributed by atoms with Crippen molar-refractivity contribution < 1.29 is 13.2 Å². The first-order valence-corrected chi connectivity index (χ1v) is 6.64. The number of sulfonamides is 1. The van der Waals surface area contributed by atoms with Crippen molar-refractivity contribution in [2.75, 3.05) is 12.3 Å². The molecule has 8 heteroatoms. The average molecular weight is 267 g/mol. The fraction of sp³-hybridized carbons (Fsp3) is 0.750. The lowest BCUT2D eigenvalue weighted by atomic mass is 10.1.